The first-order valence-electron chi connectivity index (χ1n) is 7.28. The topological polar surface area (TPSA) is 20.3 Å². The maximum Gasteiger partial charge on any atom is 0.416 e. The molecule has 128 valence electrons. The lowest BCUT2D eigenvalue weighted by atomic mass is 10.1. The molecule has 0 unspecified atom stereocenters. The quantitative estimate of drug-likeness (QED) is 0.513. The second-order valence-corrected chi connectivity index (χ2v) is 7.12. The van der Waals surface area contributed by atoms with E-state index in [1.54, 1.807) is 18.2 Å². The molecule has 7 heteroatoms. The third kappa shape index (κ3) is 3.62. The molecule has 0 aromatic heterocycles. The molecular formula is C18H12F3NOS2. The highest BCUT2D eigenvalue weighted by Gasteiger charge is 2.36. The lowest BCUT2D eigenvalue weighted by Gasteiger charge is -2.15. The van der Waals surface area contributed by atoms with Crippen molar-refractivity contribution in [3.05, 3.63) is 70.1 Å². The van der Waals surface area contributed by atoms with E-state index in [-0.39, 0.29) is 10.5 Å². The summed E-state index contributed by atoms with van der Waals surface area (Å²) in [6, 6.07) is 12.4. The van der Waals surface area contributed by atoms with Gasteiger partial charge in [0.25, 0.3) is 5.91 Å². The summed E-state index contributed by atoms with van der Waals surface area (Å²) in [7, 11) is 0. The SMILES string of the molecule is Cc1cccc(N2C(=O)/C(=C/c3ccccc3C(F)(F)F)SC2=S)c1. The zero-order valence-corrected chi connectivity index (χ0v) is 14.6. The fourth-order valence-corrected chi connectivity index (χ4v) is 3.77. The maximum absolute atomic E-state index is 13.1. The average Bonchev–Trinajstić information content (AvgIpc) is 2.81. The lowest BCUT2D eigenvalue weighted by Crippen LogP contribution is -2.27. The molecule has 1 saturated heterocycles. The van der Waals surface area contributed by atoms with Gasteiger partial charge in [0.05, 0.1) is 16.2 Å². The third-order valence-electron chi connectivity index (χ3n) is 3.61. The summed E-state index contributed by atoms with van der Waals surface area (Å²) in [5, 5.41) is 0. The molecule has 25 heavy (non-hydrogen) atoms. The molecule has 1 aliphatic rings. The summed E-state index contributed by atoms with van der Waals surface area (Å²) in [4.78, 5) is 14.2. The molecule has 2 aromatic carbocycles. The predicted molar refractivity (Wildman–Crippen MR) is 98.3 cm³/mol. The highest BCUT2D eigenvalue weighted by molar-refractivity contribution is 8.27. The van der Waals surface area contributed by atoms with E-state index in [0.29, 0.717) is 10.0 Å². The van der Waals surface area contributed by atoms with Crippen molar-refractivity contribution in [3.63, 3.8) is 0 Å². The number of aryl methyl sites for hydroxylation is 1. The van der Waals surface area contributed by atoms with Gasteiger partial charge in [-0.05, 0) is 42.3 Å². The first kappa shape index (κ1) is 17.7. The van der Waals surface area contributed by atoms with Crippen molar-refractivity contribution in [2.45, 2.75) is 13.1 Å². The van der Waals surface area contributed by atoms with Crippen LogP contribution >= 0.6 is 24.0 Å². The molecular weight excluding hydrogens is 367 g/mol. The molecule has 0 atom stereocenters. The molecule has 1 heterocycles. The molecule has 0 aliphatic carbocycles. The van der Waals surface area contributed by atoms with E-state index in [0.717, 1.165) is 23.4 Å². The van der Waals surface area contributed by atoms with Crippen LogP contribution in [0.4, 0.5) is 18.9 Å². The van der Waals surface area contributed by atoms with E-state index >= 15 is 0 Å². The molecule has 0 radical (unpaired) electrons. The van der Waals surface area contributed by atoms with Gasteiger partial charge in [0.2, 0.25) is 0 Å². The molecule has 2 nitrogen and oxygen atoms in total. The Morgan fingerprint density at radius 1 is 1.12 bits per heavy atom. The van der Waals surface area contributed by atoms with Gasteiger partial charge in [-0.1, -0.05) is 54.3 Å². The minimum Gasteiger partial charge on any atom is -0.268 e. The highest BCUT2D eigenvalue weighted by Crippen LogP contribution is 2.38. The Kier molecular flexibility index (Phi) is 4.71. The van der Waals surface area contributed by atoms with Gasteiger partial charge in [-0.2, -0.15) is 13.2 Å². The Morgan fingerprint density at radius 3 is 2.52 bits per heavy atom. The Balaban J connectivity index is 2.00. The lowest BCUT2D eigenvalue weighted by molar-refractivity contribution is -0.137. The van der Waals surface area contributed by atoms with E-state index in [2.05, 4.69) is 0 Å². The molecule has 1 amide bonds. The van der Waals surface area contributed by atoms with Crippen LogP contribution in [-0.2, 0) is 11.0 Å². The van der Waals surface area contributed by atoms with Crippen molar-refractivity contribution in [2.75, 3.05) is 4.90 Å². The van der Waals surface area contributed by atoms with Crippen molar-refractivity contribution in [1.82, 2.24) is 0 Å². The Labute approximate surface area is 152 Å². The summed E-state index contributed by atoms with van der Waals surface area (Å²) < 4.78 is 39.7. The maximum atomic E-state index is 13.1. The standard InChI is InChI=1S/C18H12F3NOS2/c1-11-5-4-7-13(9-11)22-16(23)15(25-17(22)24)10-12-6-2-3-8-14(12)18(19,20)21/h2-10H,1H3/b15-10-. The number of alkyl halides is 3. The van der Waals surface area contributed by atoms with Crippen LogP contribution in [0, 0.1) is 6.92 Å². The van der Waals surface area contributed by atoms with Crippen molar-refractivity contribution in [3.8, 4) is 0 Å². The minimum atomic E-state index is -4.49. The van der Waals surface area contributed by atoms with Crippen molar-refractivity contribution < 1.29 is 18.0 Å². The number of anilines is 1. The van der Waals surface area contributed by atoms with Gasteiger partial charge >= 0.3 is 6.18 Å². The van der Waals surface area contributed by atoms with Crippen LogP contribution in [0.5, 0.6) is 0 Å². The van der Waals surface area contributed by atoms with Crippen molar-refractivity contribution in [1.29, 1.82) is 0 Å². The zero-order valence-electron chi connectivity index (χ0n) is 13.0. The van der Waals surface area contributed by atoms with E-state index in [1.165, 1.54) is 29.2 Å². The molecule has 1 fully saturated rings. The average molecular weight is 379 g/mol. The van der Waals surface area contributed by atoms with Gasteiger partial charge in [-0.3, -0.25) is 9.69 Å². The Bertz CT molecular complexity index is 890. The third-order valence-corrected chi connectivity index (χ3v) is 4.91. The molecule has 2 aromatic rings. The number of hydrogen-bond donors (Lipinski definition) is 0. The van der Waals surface area contributed by atoms with Crippen LogP contribution in [0.2, 0.25) is 0 Å². The highest BCUT2D eigenvalue weighted by atomic mass is 32.2. The molecule has 0 N–H and O–H groups in total. The summed E-state index contributed by atoms with van der Waals surface area (Å²) in [6.45, 7) is 1.89. The smallest absolute Gasteiger partial charge is 0.268 e. The second-order valence-electron chi connectivity index (χ2n) is 5.44. The predicted octanol–water partition coefficient (Wildman–Crippen LogP) is 5.42. The number of nitrogens with zero attached hydrogens (tertiary/aromatic N) is 1. The Hall–Kier alpha value is -2.12. The van der Waals surface area contributed by atoms with Crippen LogP contribution in [0.15, 0.2) is 53.4 Å². The van der Waals surface area contributed by atoms with Gasteiger partial charge in [0, 0.05) is 0 Å². The summed E-state index contributed by atoms with van der Waals surface area (Å²) in [6.07, 6.45) is -3.24. The van der Waals surface area contributed by atoms with Gasteiger partial charge in [0.15, 0.2) is 4.32 Å². The number of carbonyl (C=O) groups excluding carboxylic acids is 1. The number of carbonyl (C=O) groups is 1. The normalized spacial score (nSPS) is 16.8. The van der Waals surface area contributed by atoms with E-state index in [9.17, 15) is 18.0 Å². The number of thioether (sulfide) groups is 1. The van der Waals surface area contributed by atoms with Crippen LogP contribution < -0.4 is 4.90 Å². The van der Waals surface area contributed by atoms with Crippen molar-refractivity contribution >= 4 is 46.0 Å². The summed E-state index contributed by atoms with van der Waals surface area (Å²) >= 11 is 6.25. The number of amides is 1. The minimum absolute atomic E-state index is 0.0558. The van der Waals surface area contributed by atoms with Crippen LogP contribution in [0.25, 0.3) is 6.08 Å². The van der Waals surface area contributed by atoms with Gasteiger partial charge in [0.1, 0.15) is 0 Å². The number of hydrogen-bond acceptors (Lipinski definition) is 3. The molecule has 1 aliphatic heterocycles. The summed E-state index contributed by atoms with van der Waals surface area (Å²) in [5.41, 5.74) is 0.725. The first-order chi connectivity index (χ1) is 11.8. The number of benzene rings is 2. The fourth-order valence-electron chi connectivity index (χ4n) is 2.48. The largest absolute Gasteiger partial charge is 0.416 e. The Morgan fingerprint density at radius 2 is 1.84 bits per heavy atom. The number of thiocarbonyl (C=S) groups is 1. The van der Waals surface area contributed by atoms with E-state index in [1.807, 2.05) is 13.0 Å². The summed E-state index contributed by atoms with van der Waals surface area (Å²) in [5.74, 6) is -0.419. The molecule has 0 spiro atoms. The zero-order chi connectivity index (χ0) is 18.2. The van der Waals surface area contributed by atoms with Gasteiger partial charge in [-0.25, -0.2) is 0 Å². The molecule has 0 saturated carbocycles. The fraction of sp³-hybridized carbons (Fsp3) is 0.111. The molecule has 0 bridgehead atoms. The van der Waals surface area contributed by atoms with Crippen LogP contribution in [0.3, 0.4) is 0 Å². The van der Waals surface area contributed by atoms with Crippen LogP contribution in [0.1, 0.15) is 16.7 Å². The number of rotatable bonds is 2. The monoisotopic (exact) mass is 379 g/mol. The first-order valence-corrected chi connectivity index (χ1v) is 8.51. The molecule has 3 rings (SSSR count). The van der Waals surface area contributed by atoms with Crippen LogP contribution in [-0.4, -0.2) is 10.2 Å². The van der Waals surface area contributed by atoms with Crippen molar-refractivity contribution in [2.24, 2.45) is 0 Å². The van der Waals surface area contributed by atoms with E-state index in [4.69, 9.17) is 12.2 Å². The van der Waals surface area contributed by atoms with Gasteiger partial charge < -0.3 is 0 Å². The van der Waals surface area contributed by atoms with E-state index < -0.39 is 17.6 Å². The van der Waals surface area contributed by atoms with Gasteiger partial charge in [-0.15, -0.1) is 0 Å². The number of halogens is 3. The second kappa shape index (κ2) is 6.65.